The molecule has 3 aromatic heterocycles. The first kappa shape index (κ1) is 25.6. The first-order valence-electron chi connectivity index (χ1n) is 13.0. The zero-order valence-electron chi connectivity index (χ0n) is 21.7. The standard InChI is InChI=1S/C28H29ClFN7O2/c1-17-12-36(13-18(2)28(17,39)19-3-6-21(30)7-4-19)27(38)23-15-35(14-22(23)24-8-5-20(29)11-31-24)26-10-9-25-33-32-16-37(25)34-26/h3-11,16-18,22-23,39H,12-15H2,1-2H3/t17?,18?,22-,23-,28?/m1/s1. The van der Waals surface area contributed by atoms with Crippen LogP contribution in [0, 0.1) is 23.6 Å². The number of aliphatic hydroxyl groups is 1. The molecule has 2 saturated heterocycles. The van der Waals surface area contributed by atoms with E-state index < -0.39 is 5.60 Å². The normalized spacial score (nSPS) is 27.3. The van der Waals surface area contributed by atoms with E-state index in [1.165, 1.54) is 12.1 Å². The van der Waals surface area contributed by atoms with Gasteiger partial charge in [-0.15, -0.1) is 15.3 Å². The number of hydrogen-bond donors (Lipinski definition) is 1. The van der Waals surface area contributed by atoms with Gasteiger partial charge in [-0.1, -0.05) is 37.6 Å². The first-order valence-corrected chi connectivity index (χ1v) is 13.4. The number of fused-ring (bicyclic) bond motifs is 1. The van der Waals surface area contributed by atoms with Gasteiger partial charge in [-0.25, -0.2) is 4.39 Å². The lowest BCUT2D eigenvalue weighted by Gasteiger charge is -2.48. The molecule has 0 saturated carbocycles. The monoisotopic (exact) mass is 549 g/mol. The molecule has 4 aromatic rings. The predicted molar refractivity (Wildman–Crippen MR) is 144 cm³/mol. The molecule has 1 aromatic carbocycles. The van der Waals surface area contributed by atoms with Gasteiger partial charge in [0.1, 0.15) is 18.0 Å². The Balaban J connectivity index is 1.28. The van der Waals surface area contributed by atoms with Crippen LogP contribution in [0.4, 0.5) is 10.2 Å². The van der Waals surface area contributed by atoms with Crippen LogP contribution >= 0.6 is 11.6 Å². The van der Waals surface area contributed by atoms with Gasteiger partial charge in [0.05, 0.1) is 16.5 Å². The van der Waals surface area contributed by atoms with Crippen LogP contribution in [0.2, 0.25) is 5.02 Å². The number of piperidine rings is 1. The highest BCUT2D eigenvalue weighted by atomic mass is 35.5. The maximum atomic E-state index is 14.2. The van der Waals surface area contributed by atoms with E-state index >= 15 is 0 Å². The van der Waals surface area contributed by atoms with Crippen molar-refractivity contribution in [3.8, 4) is 0 Å². The van der Waals surface area contributed by atoms with Gasteiger partial charge < -0.3 is 14.9 Å². The Morgan fingerprint density at radius 3 is 2.46 bits per heavy atom. The van der Waals surface area contributed by atoms with Gasteiger partial charge >= 0.3 is 0 Å². The van der Waals surface area contributed by atoms with Crippen LogP contribution in [-0.4, -0.2) is 66.9 Å². The molecular formula is C28H29ClFN7O2. The van der Waals surface area contributed by atoms with E-state index in [1.807, 2.05) is 36.9 Å². The van der Waals surface area contributed by atoms with Gasteiger partial charge in [0.15, 0.2) is 5.65 Å². The predicted octanol–water partition coefficient (Wildman–Crippen LogP) is 3.53. The Kier molecular flexibility index (Phi) is 6.47. The Bertz CT molecular complexity index is 1480. The molecule has 2 aliphatic rings. The van der Waals surface area contributed by atoms with Crippen LogP contribution in [0.1, 0.15) is 31.0 Å². The van der Waals surface area contributed by atoms with Crippen LogP contribution in [0.15, 0.2) is 61.1 Å². The van der Waals surface area contributed by atoms with Crippen molar-refractivity contribution in [2.75, 3.05) is 31.1 Å². The van der Waals surface area contributed by atoms with Gasteiger partial charge in [0, 0.05) is 55.8 Å². The zero-order chi connectivity index (χ0) is 27.3. The number of pyridine rings is 1. The number of hydrogen-bond acceptors (Lipinski definition) is 7. The molecule has 2 aliphatic heterocycles. The van der Waals surface area contributed by atoms with E-state index in [4.69, 9.17) is 11.6 Å². The second-order valence-corrected chi connectivity index (χ2v) is 11.2. The summed E-state index contributed by atoms with van der Waals surface area (Å²) in [5, 5.41) is 24.8. The number of carbonyl (C=O) groups excluding carboxylic acids is 1. The molecule has 2 fully saturated rings. The van der Waals surface area contributed by atoms with E-state index in [-0.39, 0.29) is 35.4 Å². The maximum Gasteiger partial charge on any atom is 0.228 e. The summed E-state index contributed by atoms with van der Waals surface area (Å²) < 4.78 is 15.2. The summed E-state index contributed by atoms with van der Waals surface area (Å²) in [6.45, 7) is 5.69. The Labute approximate surface area is 230 Å². The summed E-state index contributed by atoms with van der Waals surface area (Å²) in [5.74, 6) is -0.644. The van der Waals surface area contributed by atoms with Crippen LogP contribution in [-0.2, 0) is 10.4 Å². The third-order valence-corrected chi connectivity index (χ3v) is 8.57. The zero-order valence-corrected chi connectivity index (χ0v) is 22.4. The van der Waals surface area contributed by atoms with Crippen LogP contribution in [0.3, 0.4) is 0 Å². The fraction of sp³-hybridized carbons (Fsp3) is 0.393. The summed E-state index contributed by atoms with van der Waals surface area (Å²) in [4.78, 5) is 22.7. The number of halogens is 2. The lowest BCUT2D eigenvalue weighted by atomic mass is 9.70. The number of carbonyl (C=O) groups is 1. The minimum atomic E-state index is -1.17. The summed E-state index contributed by atoms with van der Waals surface area (Å²) in [5.41, 5.74) is 0.946. The topological polar surface area (TPSA) is 99.8 Å². The Hall–Kier alpha value is -3.63. The number of benzene rings is 1. The summed E-state index contributed by atoms with van der Waals surface area (Å²) in [6.07, 6.45) is 3.16. The average molecular weight is 550 g/mol. The Morgan fingerprint density at radius 2 is 1.77 bits per heavy atom. The molecule has 5 heterocycles. The largest absolute Gasteiger partial charge is 0.384 e. The summed E-state index contributed by atoms with van der Waals surface area (Å²) in [6, 6.07) is 13.4. The highest BCUT2D eigenvalue weighted by molar-refractivity contribution is 6.30. The fourth-order valence-corrected chi connectivity index (χ4v) is 6.35. The number of rotatable bonds is 4. The van der Waals surface area contributed by atoms with Crippen molar-refractivity contribution in [2.45, 2.75) is 25.4 Å². The van der Waals surface area contributed by atoms with Crippen LogP contribution in [0.5, 0.6) is 0 Å². The van der Waals surface area contributed by atoms with Gasteiger partial charge in [-0.05, 0) is 42.0 Å². The second kappa shape index (κ2) is 9.84. The van der Waals surface area contributed by atoms with Gasteiger partial charge in [-0.3, -0.25) is 9.78 Å². The smallest absolute Gasteiger partial charge is 0.228 e. The molecule has 4 atom stereocenters. The van der Waals surface area contributed by atoms with E-state index in [2.05, 4.69) is 25.2 Å². The van der Waals surface area contributed by atoms with Crippen molar-refractivity contribution in [1.82, 2.24) is 29.7 Å². The highest BCUT2D eigenvalue weighted by Crippen LogP contribution is 2.43. The van der Waals surface area contributed by atoms with E-state index in [1.54, 1.807) is 35.2 Å². The van der Waals surface area contributed by atoms with E-state index in [9.17, 15) is 14.3 Å². The number of anilines is 1. The minimum absolute atomic E-state index is 0.0180. The molecule has 0 radical (unpaired) electrons. The molecule has 39 heavy (non-hydrogen) atoms. The van der Waals surface area contributed by atoms with Gasteiger partial charge in [0.25, 0.3) is 0 Å². The minimum Gasteiger partial charge on any atom is -0.384 e. The van der Waals surface area contributed by atoms with Crippen LogP contribution in [0.25, 0.3) is 5.65 Å². The lowest BCUT2D eigenvalue weighted by Crippen LogP contribution is -2.57. The highest BCUT2D eigenvalue weighted by Gasteiger charge is 2.49. The molecule has 1 N–H and O–H groups in total. The molecule has 9 nitrogen and oxygen atoms in total. The molecule has 0 bridgehead atoms. The summed E-state index contributed by atoms with van der Waals surface area (Å²) >= 11 is 6.11. The third kappa shape index (κ3) is 4.51. The third-order valence-electron chi connectivity index (χ3n) is 8.35. The number of amides is 1. The SMILES string of the molecule is CC1CN(C(=O)[C@@H]2CN(c3ccc4nncn4n3)C[C@H]2c2ccc(Cl)cn2)CC(C)C1(O)c1ccc(F)cc1. The van der Waals surface area contributed by atoms with Crippen LogP contribution < -0.4 is 4.90 Å². The molecular weight excluding hydrogens is 521 g/mol. The van der Waals surface area contributed by atoms with Gasteiger partial charge in [-0.2, -0.15) is 4.52 Å². The summed E-state index contributed by atoms with van der Waals surface area (Å²) in [7, 11) is 0. The molecule has 202 valence electrons. The molecule has 0 aliphatic carbocycles. The van der Waals surface area contributed by atoms with Crippen molar-refractivity contribution in [3.05, 3.63) is 83.2 Å². The van der Waals surface area contributed by atoms with E-state index in [0.29, 0.717) is 42.4 Å². The van der Waals surface area contributed by atoms with E-state index in [0.717, 1.165) is 11.5 Å². The molecule has 1 amide bonds. The second-order valence-electron chi connectivity index (χ2n) is 10.7. The van der Waals surface area contributed by atoms with Crippen molar-refractivity contribution in [2.24, 2.45) is 17.8 Å². The quantitative estimate of drug-likeness (QED) is 0.416. The molecule has 11 heteroatoms. The maximum absolute atomic E-state index is 14.2. The lowest BCUT2D eigenvalue weighted by molar-refractivity contribution is -0.152. The number of nitrogens with zero attached hydrogens (tertiary/aromatic N) is 7. The molecule has 0 spiro atoms. The van der Waals surface area contributed by atoms with Crippen molar-refractivity contribution < 1.29 is 14.3 Å². The Morgan fingerprint density at radius 1 is 1.03 bits per heavy atom. The molecule has 6 rings (SSSR count). The number of likely N-dealkylation sites (tertiary alicyclic amines) is 1. The van der Waals surface area contributed by atoms with Crippen molar-refractivity contribution in [3.63, 3.8) is 0 Å². The van der Waals surface area contributed by atoms with Crippen molar-refractivity contribution in [1.29, 1.82) is 0 Å². The number of aromatic nitrogens is 5. The fourth-order valence-electron chi connectivity index (χ4n) is 6.23. The van der Waals surface area contributed by atoms with Crippen molar-refractivity contribution >= 4 is 29.0 Å². The van der Waals surface area contributed by atoms with Gasteiger partial charge in [0.2, 0.25) is 5.91 Å². The first-order chi connectivity index (χ1) is 18.7. The molecule has 2 unspecified atom stereocenters. The average Bonchev–Trinajstić information content (AvgIpc) is 3.59.